The molecule has 0 atom stereocenters. The molecule has 0 spiro atoms. The van der Waals surface area contributed by atoms with E-state index in [0.717, 1.165) is 49.7 Å². The molecule has 1 aliphatic carbocycles. The van der Waals surface area contributed by atoms with Gasteiger partial charge in [-0.15, -0.1) is 0 Å². The van der Waals surface area contributed by atoms with Crippen molar-refractivity contribution in [1.29, 1.82) is 0 Å². The standard InChI is InChI=1S/C22H13ClN2/c23-18-10-4-1-7-14(18)13-17-15-8-2-3-9-16(15)21-22(17)25-20-12-6-5-11-19(20)24-21/h1-13H/b17-13+. The molecule has 4 aromatic rings. The van der Waals surface area contributed by atoms with Crippen molar-refractivity contribution in [3.8, 4) is 11.3 Å². The van der Waals surface area contributed by atoms with Crippen molar-refractivity contribution in [3.05, 3.63) is 94.6 Å². The second-order valence-corrected chi connectivity index (χ2v) is 6.44. The molecule has 0 N–H and O–H groups in total. The Labute approximate surface area is 150 Å². The summed E-state index contributed by atoms with van der Waals surface area (Å²) in [4.78, 5) is 9.78. The summed E-state index contributed by atoms with van der Waals surface area (Å²) < 4.78 is 0. The fourth-order valence-electron chi connectivity index (χ4n) is 3.32. The maximum Gasteiger partial charge on any atom is 0.0979 e. The van der Waals surface area contributed by atoms with Crippen LogP contribution in [0.5, 0.6) is 0 Å². The number of halogens is 1. The highest BCUT2D eigenvalue weighted by molar-refractivity contribution is 6.32. The van der Waals surface area contributed by atoms with E-state index in [2.05, 4.69) is 18.2 Å². The predicted octanol–water partition coefficient (Wildman–Crippen LogP) is 5.85. The van der Waals surface area contributed by atoms with Gasteiger partial charge in [0.2, 0.25) is 0 Å². The molecule has 0 fully saturated rings. The quantitative estimate of drug-likeness (QED) is 0.382. The Bertz CT molecular complexity index is 1160. The highest BCUT2D eigenvalue weighted by Crippen LogP contribution is 2.43. The number of benzene rings is 3. The molecule has 5 rings (SSSR count). The molecular formula is C22H13ClN2. The molecule has 2 nitrogen and oxygen atoms in total. The molecule has 3 aromatic carbocycles. The molecule has 118 valence electrons. The van der Waals surface area contributed by atoms with Gasteiger partial charge in [0.25, 0.3) is 0 Å². The van der Waals surface area contributed by atoms with E-state index >= 15 is 0 Å². The van der Waals surface area contributed by atoms with Gasteiger partial charge in [-0.1, -0.05) is 66.2 Å². The SMILES string of the molecule is Clc1ccccc1/C=C1\c2ccccc2-c2nc3ccccc3nc21. The third-order valence-electron chi connectivity index (χ3n) is 4.50. The number of aromatic nitrogens is 2. The van der Waals surface area contributed by atoms with E-state index < -0.39 is 0 Å². The van der Waals surface area contributed by atoms with Gasteiger partial charge in [0, 0.05) is 16.2 Å². The van der Waals surface area contributed by atoms with E-state index in [0.29, 0.717) is 0 Å². The van der Waals surface area contributed by atoms with Gasteiger partial charge < -0.3 is 0 Å². The van der Waals surface area contributed by atoms with Gasteiger partial charge in [-0.2, -0.15) is 0 Å². The van der Waals surface area contributed by atoms with Crippen molar-refractivity contribution < 1.29 is 0 Å². The molecule has 0 amide bonds. The summed E-state index contributed by atoms with van der Waals surface area (Å²) in [6.07, 6.45) is 2.11. The van der Waals surface area contributed by atoms with Crippen molar-refractivity contribution in [2.75, 3.05) is 0 Å². The Morgan fingerprint density at radius 2 is 1.24 bits per heavy atom. The average molecular weight is 341 g/mol. The van der Waals surface area contributed by atoms with Gasteiger partial charge in [-0.05, 0) is 35.4 Å². The van der Waals surface area contributed by atoms with Gasteiger partial charge in [0.15, 0.2) is 0 Å². The van der Waals surface area contributed by atoms with Crippen LogP contribution in [0.2, 0.25) is 5.02 Å². The normalized spacial score (nSPS) is 13.9. The van der Waals surface area contributed by atoms with E-state index in [-0.39, 0.29) is 0 Å². The first-order chi connectivity index (χ1) is 12.3. The number of nitrogens with zero attached hydrogens (tertiary/aromatic N) is 2. The van der Waals surface area contributed by atoms with Crippen LogP contribution in [-0.2, 0) is 0 Å². The lowest BCUT2D eigenvalue weighted by atomic mass is 10.0. The lowest BCUT2D eigenvalue weighted by molar-refractivity contribution is 1.28. The molecule has 3 heteroatoms. The number of hydrogen-bond acceptors (Lipinski definition) is 2. The lowest BCUT2D eigenvalue weighted by Gasteiger charge is -2.05. The summed E-state index contributed by atoms with van der Waals surface area (Å²) in [5.74, 6) is 0. The number of hydrogen-bond donors (Lipinski definition) is 0. The molecule has 1 heterocycles. The molecular weight excluding hydrogens is 328 g/mol. The summed E-state index contributed by atoms with van der Waals surface area (Å²) in [7, 11) is 0. The maximum atomic E-state index is 6.37. The highest BCUT2D eigenvalue weighted by Gasteiger charge is 2.26. The first kappa shape index (κ1) is 14.4. The van der Waals surface area contributed by atoms with Gasteiger partial charge in [0.05, 0.1) is 22.4 Å². The predicted molar refractivity (Wildman–Crippen MR) is 103 cm³/mol. The molecule has 0 aliphatic heterocycles. The number of rotatable bonds is 1. The molecule has 0 saturated heterocycles. The fourth-order valence-corrected chi connectivity index (χ4v) is 3.51. The number of fused-ring (bicyclic) bond motifs is 4. The van der Waals surface area contributed by atoms with E-state index in [1.807, 2.05) is 60.7 Å². The lowest BCUT2D eigenvalue weighted by Crippen LogP contribution is -1.92. The van der Waals surface area contributed by atoms with Gasteiger partial charge in [-0.3, -0.25) is 0 Å². The van der Waals surface area contributed by atoms with Crippen molar-refractivity contribution in [3.63, 3.8) is 0 Å². The van der Waals surface area contributed by atoms with Crippen LogP contribution in [0.4, 0.5) is 0 Å². The maximum absolute atomic E-state index is 6.37. The highest BCUT2D eigenvalue weighted by atomic mass is 35.5. The number of para-hydroxylation sites is 2. The van der Waals surface area contributed by atoms with Crippen molar-refractivity contribution in [2.45, 2.75) is 0 Å². The Morgan fingerprint density at radius 3 is 2.00 bits per heavy atom. The largest absolute Gasteiger partial charge is 0.244 e. The van der Waals surface area contributed by atoms with Crippen LogP contribution < -0.4 is 0 Å². The van der Waals surface area contributed by atoms with Crippen LogP contribution in [-0.4, -0.2) is 9.97 Å². The molecule has 1 aromatic heterocycles. The Morgan fingerprint density at radius 1 is 0.640 bits per heavy atom. The summed E-state index contributed by atoms with van der Waals surface area (Å²) in [5, 5.41) is 0.731. The van der Waals surface area contributed by atoms with Crippen LogP contribution in [0.1, 0.15) is 16.8 Å². The second kappa shape index (κ2) is 5.54. The Kier molecular flexibility index (Phi) is 3.19. The molecule has 0 radical (unpaired) electrons. The zero-order valence-electron chi connectivity index (χ0n) is 13.3. The third kappa shape index (κ3) is 2.26. The summed E-state index contributed by atoms with van der Waals surface area (Å²) in [5.41, 5.74) is 7.98. The zero-order valence-corrected chi connectivity index (χ0v) is 14.0. The summed E-state index contributed by atoms with van der Waals surface area (Å²) >= 11 is 6.37. The molecule has 1 aliphatic rings. The monoisotopic (exact) mass is 340 g/mol. The van der Waals surface area contributed by atoms with Crippen LogP contribution in [0.25, 0.3) is 33.9 Å². The van der Waals surface area contributed by atoms with E-state index in [1.165, 1.54) is 0 Å². The average Bonchev–Trinajstić information content (AvgIpc) is 2.95. The van der Waals surface area contributed by atoms with Crippen LogP contribution in [0, 0.1) is 0 Å². The Balaban J connectivity index is 1.84. The molecule has 0 saturated carbocycles. The zero-order chi connectivity index (χ0) is 16.8. The minimum absolute atomic E-state index is 0.731. The van der Waals surface area contributed by atoms with Crippen LogP contribution >= 0.6 is 11.6 Å². The van der Waals surface area contributed by atoms with Gasteiger partial charge in [0.1, 0.15) is 0 Å². The van der Waals surface area contributed by atoms with E-state index in [4.69, 9.17) is 21.6 Å². The molecule has 0 unspecified atom stereocenters. The minimum Gasteiger partial charge on any atom is -0.244 e. The van der Waals surface area contributed by atoms with E-state index in [1.54, 1.807) is 0 Å². The third-order valence-corrected chi connectivity index (χ3v) is 4.85. The summed E-state index contributed by atoms with van der Waals surface area (Å²) in [6.45, 7) is 0. The first-order valence-corrected chi connectivity index (χ1v) is 8.52. The van der Waals surface area contributed by atoms with Crippen molar-refractivity contribution >= 4 is 34.3 Å². The first-order valence-electron chi connectivity index (χ1n) is 8.14. The van der Waals surface area contributed by atoms with Crippen LogP contribution in [0.3, 0.4) is 0 Å². The fraction of sp³-hybridized carbons (Fsp3) is 0. The van der Waals surface area contributed by atoms with E-state index in [9.17, 15) is 0 Å². The molecule has 0 bridgehead atoms. The molecule has 25 heavy (non-hydrogen) atoms. The Hall–Kier alpha value is -2.97. The summed E-state index contributed by atoms with van der Waals surface area (Å²) in [6, 6.07) is 24.1. The smallest absolute Gasteiger partial charge is 0.0979 e. The second-order valence-electron chi connectivity index (χ2n) is 6.03. The minimum atomic E-state index is 0.731. The van der Waals surface area contributed by atoms with Gasteiger partial charge >= 0.3 is 0 Å². The topological polar surface area (TPSA) is 25.8 Å². The van der Waals surface area contributed by atoms with Crippen molar-refractivity contribution in [2.24, 2.45) is 0 Å². The van der Waals surface area contributed by atoms with Gasteiger partial charge in [-0.25, -0.2) is 9.97 Å². The van der Waals surface area contributed by atoms with Crippen LogP contribution in [0.15, 0.2) is 72.8 Å². The van der Waals surface area contributed by atoms with Crippen molar-refractivity contribution in [1.82, 2.24) is 9.97 Å².